The van der Waals surface area contributed by atoms with Gasteiger partial charge < -0.3 is 4.74 Å². The highest BCUT2D eigenvalue weighted by atomic mass is 32.1. The molecule has 0 aliphatic heterocycles. The maximum Gasteiger partial charge on any atom is 0.573 e. The standard InChI is InChI=1S/C15H11F3N6OS/c1-8-6-10(20-19-8)13-23-24-12(21-22-14(24)26-13)7-9-4-2-3-5-11(9)25-15(16,17)18/h2-6H,7H2,1H3,(H,19,20). The molecular formula is C15H11F3N6OS. The van der Waals surface area contributed by atoms with Crippen LogP contribution in [0.25, 0.3) is 15.7 Å². The molecule has 26 heavy (non-hydrogen) atoms. The Morgan fingerprint density at radius 3 is 2.77 bits per heavy atom. The Balaban J connectivity index is 1.67. The number of fused-ring (bicyclic) bond motifs is 1. The zero-order valence-electron chi connectivity index (χ0n) is 13.3. The molecular weight excluding hydrogens is 369 g/mol. The summed E-state index contributed by atoms with van der Waals surface area (Å²) >= 11 is 1.29. The van der Waals surface area contributed by atoms with E-state index in [9.17, 15) is 13.2 Å². The number of benzene rings is 1. The van der Waals surface area contributed by atoms with Crippen LogP contribution in [0.3, 0.4) is 0 Å². The molecule has 11 heteroatoms. The number of aromatic nitrogens is 6. The number of H-pyrrole nitrogens is 1. The Kier molecular flexibility index (Phi) is 3.87. The summed E-state index contributed by atoms with van der Waals surface area (Å²) in [6.07, 6.45) is -4.67. The van der Waals surface area contributed by atoms with Crippen LogP contribution in [0.4, 0.5) is 13.2 Å². The van der Waals surface area contributed by atoms with Crippen molar-refractivity contribution in [1.29, 1.82) is 0 Å². The molecule has 0 saturated carbocycles. The number of hydrogen-bond acceptors (Lipinski definition) is 6. The summed E-state index contributed by atoms with van der Waals surface area (Å²) in [6.45, 7) is 1.87. The normalized spacial score (nSPS) is 12.0. The molecule has 0 fully saturated rings. The first-order chi connectivity index (χ1) is 12.4. The third kappa shape index (κ3) is 3.25. The summed E-state index contributed by atoms with van der Waals surface area (Å²) < 4.78 is 43.3. The molecule has 0 radical (unpaired) electrons. The van der Waals surface area contributed by atoms with Crippen LogP contribution in [-0.2, 0) is 6.42 Å². The van der Waals surface area contributed by atoms with Gasteiger partial charge in [-0.2, -0.15) is 14.7 Å². The number of nitrogens with zero attached hydrogens (tertiary/aromatic N) is 5. The van der Waals surface area contributed by atoms with Crippen molar-refractivity contribution in [2.75, 3.05) is 0 Å². The van der Waals surface area contributed by atoms with Crippen LogP contribution in [-0.4, -0.2) is 36.4 Å². The largest absolute Gasteiger partial charge is 0.573 e. The van der Waals surface area contributed by atoms with E-state index in [0.717, 1.165) is 5.69 Å². The number of rotatable bonds is 4. The van der Waals surface area contributed by atoms with Gasteiger partial charge >= 0.3 is 6.36 Å². The van der Waals surface area contributed by atoms with Crippen molar-refractivity contribution >= 4 is 16.3 Å². The minimum absolute atomic E-state index is 0.0934. The summed E-state index contributed by atoms with van der Waals surface area (Å²) in [6, 6.07) is 7.77. The molecule has 0 spiro atoms. The number of aryl methyl sites for hydroxylation is 1. The van der Waals surface area contributed by atoms with Crippen molar-refractivity contribution in [3.63, 3.8) is 0 Å². The Morgan fingerprint density at radius 2 is 2.04 bits per heavy atom. The van der Waals surface area contributed by atoms with E-state index in [4.69, 9.17) is 0 Å². The number of para-hydroxylation sites is 1. The van der Waals surface area contributed by atoms with Crippen molar-refractivity contribution in [3.8, 4) is 16.5 Å². The van der Waals surface area contributed by atoms with Crippen LogP contribution in [0.2, 0.25) is 0 Å². The summed E-state index contributed by atoms with van der Waals surface area (Å²) in [5, 5.41) is 20.1. The van der Waals surface area contributed by atoms with E-state index in [2.05, 4.69) is 30.2 Å². The molecule has 134 valence electrons. The molecule has 0 saturated heterocycles. The topological polar surface area (TPSA) is 81.0 Å². The smallest absolute Gasteiger partial charge is 0.405 e. The predicted molar refractivity (Wildman–Crippen MR) is 86.9 cm³/mol. The lowest BCUT2D eigenvalue weighted by molar-refractivity contribution is -0.274. The number of halogens is 3. The first-order valence-corrected chi connectivity index (χ1v) is 8.28. The molecule has 0 unspecified atom stereocenters. The third-order valence-corrected chi connectivity index (χ3v) is 4.45. The Morgan fingerprint density at radius 1 is 1.23 bits per heavy atom. The molecule has 1 aromatic carbocycles. The van der Waals surface area contributed by atoms with Gasteiger partial charge in [0.15, 0.2) is 10.8 Å². The van der Waals surface area contributed by atoms with E-state index in [0.29, 0.717) is 27.1 Å². The van der Waals surface area contributed by atoms with Crippen molar-refractivity contribution < 1.29 is 17.9 Å². The van der Waals surface area contributed by atoms with E-state index in [-0.39, 0.29) is 12.2 Å². The van der Waals surface area contributed by atoms with Gasteiger partial charge in [0.2, 0.25) is 4.96 Å². The number of alkyl halides is 3. The highest BCUT2D eigenvalue weighted by Crippen LogP contribution is 2.29. The average Bonchev–Trinajstić information content (AvgIpc) is 3.24. The van der Waals surface area contributed by atoms with Gasteiger partial charge in [0.25, 0.3) is 0 Å². The quantitative estimate of drug-likeness (QED) is 0.587. The van der Waals surface area contributed by atoms with Gasteiger partial charge in [0.1, 0.15) is 11.4 Å². The van der Waals surface area contributed by atoms with Gasteiger partial charge in [-0.1, -0.05) is 29.5 Å². The van der Waals surface area contributed by atoms with Crippen molar-refractivity contribution in [3.05, 3.63) is 47.4 Å². The fourth-order valence-electron chi connectivity index (χ4n) is 2.44. The molecule has 7 nitrogen and oxygen atoms in total. The third-order valence-electron chi connectivity index (χ3n) is 3.53. The van der Waals surface area contributed by atoms with E-state index in [1.54, 1.807) is 12.1 Å². The van der Waals surface area contributed by atoms with E-state index in [1.165, 1.54) is 28.0 Å². The van der Waals surface area contributed by atoms with Crippen LogP contribution in [0.1, 0.15) is 17.1 Å². The van der Waals surface area contributed by atoms with Gasteiger partial charge in [-0.3, -0.25) is 5.10 Å². The highest BCUT2D eigenvalue weighted by molar-refractivity contribution is 7.19. The molecule has 1 N–H and O–H groups in total. The molecule has 0 aliphatic rings. The second-order valence-corrected chi connectivity index (χ2v) is 6.44. The average molecular weight is 380 g/mol. The summed E-state index contributed by atoms with van der Waals surface area (Å²) in [5.41, 5.74) is 1.90. The summed E-state index contributed by atoms with van der Waals surface area (Å²) in [5.74, 6) is 0.142. The highest BCUT2D eigenvalue weighted by Gasteiger charge is 2.32. The van der Waals surface area contributed by atoms with E-state index >= 15 is 0 Å². The van der Waals surface area contributed by atoms with Gasteiger partial charge in [0.05, 0.1) is 0 Å². The van der Waals surface area contributed by atoms with Crippen molar-refractivity contribution in [2.45, 2.75) is 19.7 Å². The van der Waals surface area contributed by atoms with Gasteiger partial charge in [-0.05, 0) is 19.1 Å². The summed E-state index contributed by atoms with van der Waals surface area (Å²) in [4.78, 5) is 0.532. The number of ether oxygens (including phenoxy) is 1. The van der Waals surface area contributed by atoms with Crippen LogP contribution in [0.5, 0.6) is 5.75 Å². The van der Waals surface area contributed by atoms with Gasteiger partial charge in [0, 0.05) is 17.7 Å². The first-order valence-electron chi connectivity index (χ1n) is 7.46. The second kappa shape index (κ2) is 6.09. The first kappa shape index (κ1) is 16.5. The molecule has 4 rings (SSSR count). The Bertz CT molecular complexity index is 1070. The van der Waals surface area contributed by atoms with Crippen LogP contribution < -0.4 is 4.74 Å². The maximum absolute atomic E-state index is 12.6. The maximum atomic E-state index is 12.6. The van der Waals surface area contributed by atoms with E-state index < -0.39 is 6.36 Å². The minimum Gasteiger partial charge on any atom is -0.405 e. The number of hydrogen-bond donors (Lipinski definition) is 1. The monoisotopic (exact) mass is 380 g/mol. The lowest BCUT2D eigenvalue weighted by Gasteiger charge is -2.12. The molecule has 3 aromatic heterocycles. The Hall–Kier alpha value is -2.95. The van der Waals surface area contributed by atoms with Crippen LogP contribution in [0.15, 0.2) is 30.3 Å². The van der Waals surface area contributed by atoms with Gasteiger partial charge in [-0.25, -0.2) is 0 Å². The zero-order valence-corrected chi connectivity index (χ0v) is 14.1. The van der Waals surface area contributed by atoms with Crippen LogP contribution in [0, 0.1) is 6.92 Å². The molecule has 0 aliphatic carbocycles. The Labute approximate surface area is 148 Å². The SMILES string of the molecule is Cc1cc(-c2nn3c(Cc4ccccc4OC(F)(F)F)nnc3s2)n[nH]1. The fraction of sp³-hybridized carbons (Fsp3) is 0.200. The van der Waals surface area contributed by atoms with Crippen LogP contribution >= 0.6 is 11.3 Å². The number of aromatic amines is 1. The molecule has 3 heterocycles. The number of nitrogens with one attached hydrogen (secondary N) is 1. The molecule has 0 bridgehead atoms. The molecule has 4 aromatic rings. The molecule has 0 atom stereocenters. The van der Waals surface area contributed by atoms with E-state index in [1.807, 2.05) is 13.0 Å². The minimum atomic E-state index is -4.76. The fourth-order valence-corrected chi connectivity index (χ4v) is 3.26. The lowest BCUT2D eigenvalue weighted by atomic mass is 10.1. The summed E-state index contributed by atoms with van der Waals surface area (Å²) in [7, 11) is 0. The lowest BCUT2D eigenvalue weighted by Crippen LogP contribution is -2.18. The predicted octanol–water partition coefficient (Wildman–Crippen LogP) is 3.37. The second-order valence-electron chi connectivity index (χ2n) is 5.49. The van der Waals surface area contributed by atoms with Crippen molar-refractivity contribution in [2.24, 2.45) is 0 Å². The zero-order chi connectivity index (χ0) is 18.3. The van der Waals surface area contributed by atoms with Gasteiger partial charge in [-0.15, -0.1) is 23.4 Å². The molecule has 0 amide bonds. The van der Waals surface area contributed by atoms with Crippen molar-refractivity contribution in [1.82, 2.24) is 30.0 Å².